The lowest BCUT2D eigenvalue weighted by Crippen LogP contribution is -2.57. The fourth-order valence-electron chi connectivity index (χ4n) is 3.61. The SMILES string of the molecule is O=C1OC2(OC1=O)C(Oc1nsnc1OCC#Cc1ccsc1)C1CCN2C1. The lowest BCUT2D eigenvalue weighted by Gasteiger charge is -2.36. The Balaban J connectivity index is 1.31. The number of fused-ring (bicyclic) bond motifs is 3. The van der Waals surface area contributed by atoms with Gasteiger partial charge in [-0.3, -0.25) is 0 Å². The Morgan fingerprint density at radius 3 is 2.89 bits per heavy atom. The van der Waals surface area contributed by atoms with Crippen LogP contribution in [0.2, 0.25) is 0 Å². The fraction of sp³-hybridized carbons (Fsp3) is 0.412. The van der Waals surface area contributed by atoms with Gasteiger partial charge in [0.05, 0.1) is 11.7 Å². The molecule has 0 aliphatic carbocycles. The Labute approximate surface area is 167 Å². The number of aromatic nitrogens is 2. The van der Waals surface area contributed by atoms with Gasteiger partial charge in [-0.05, 0) is 17.9 Å². The van der Waals surface area contributed by atoms with E-state index in [2.05, 4.69) is 20.6 Å². The van der Waals surface area contributed by atoms with Gasteiger partial charge in [0.15, 0.2) is 12.7 Å². The maximum atomic E-state index is 11.7. The highest BCUT2D eigenvalue weighted by Gasteiger charge is 2.69. The lowest BCUT2D eigenvalue weighted by atomic mass is 9.99. The molecule has 0 aromatic carbocycles. The summed E-state index contributed by atoms with van der Waals surface area (Å²) in [7, 11) is 0. The van der Waals surface area contributed by atoms with Crippen molar-refractivity contribution < 1.29 is 28.5 Å². The summed E-state index contributed by atoms with van der Waals surface area (Å²) in [5, 5.41) is 3.89. The Morgan fingerprint density at radius 2 is 2.11 bits per heavy atom. The molecule has 28 heavy (non-hydrogen) atoms. The molecular formula is C17H13N3O6S2. The first kappa shape index (κ1) is 17.4. The molecule has 11 heteroatoms. The summed E-state index contributed by atoms with van der Waals surface area (Å²) in [5.74, 6) is 2.72. The lowest BCUT2D eigenvalue weighted by molar-refractivity contribution is -0.273. The summed E-state index contributed by atoms with van der Waals surface area (Å²) in [6.07, 6.45) is 0.140. The summed E-state index contributed by atoms with van der Waals surface area (Å²) in [5.41, 5.74) is 0.921. The van der Waals surface area contributed by atoms with Crippen molar-refractivity contribution in [2.24, 2.45) is 5.92 Å². The van der Waals surface area contributed by atoms with E-state index in [1.807, 2.05) is 16.8 Å². The molecule has 3 fully saturated rings. The van der Waals surface area contributed by atoms with Crippen molar-refractivity contribution in [1.82, 2.24) is 13.6 Å². The molecule has 3 aliphatic rings. The monoisotopic (exact) mass is 419 g/mol. The van der Waals surface area contributed by atoms with E-state index in [0.717, 1.165) is 23.7 Å². The van der Waals surface area contributed by atoms with Gasteiger partial charge >= 0.3 is 17.8 Å². The first-order valence-electron chi connectivity index (χ1n) is 8.50. The van der Waals surface area contributed by atoms with Crippen LogP contribution in [0.4, 0.5) is 0 Å². The molecule has 5 heterocycles. The van der Waals surface area contributed by atoms with Crippen molar-refractivity contribution in [1.29, 1.82) is 0 Å². The van der Waals surface area contributed by atoms with Gasteiger partial charge in [0, 0.05) is 30.0 Å². The van der Waals surface area contributed by atoms with E-state index >= 15 is 0 Å². The van der Waals surface area contributed by atoms with Crippen molar-refractivity contribution in [2.45, 2.75) is 18.4 Å². The number of nitrogens with zero attached hydrogens (tertiary/aromatic N) is 3. The molecule has 0 N–H and O–H groups in total. The van der Waals surface area contributed by atoms with Gasteiger partial charge in [-0.2, -0.15) is 11.3 Å². The standard InChI is InChI=1S/C17H13N3O6S2/c21-15-16(22)26-17(25-15)12(11-3-5-20(17)8-11)24-14-13(18-28-19-14)23-6-1-2-10-4-7-27-9-10/h4,7,9,11-12H,3,5-6,8H2. The third-order valence-corrected chi connectivity index (χ3v) is 5.98. The summed E-state index contributed by atoms with van der Waals surface area (Å²) >= 11 is 2.50. The molecular weight excluding hydrogens is 406 g/mol. The van der Waals surface area contributed by atoms with Crippen LogP contribution in [0, 0.1) is 17.8 Å². The van der Waals surface area contributed by atoms with E-state index in [1.54, 1.807) is 16.2 Å². The molecule has 0 saturated carbocycles. The van der Waals surface area contributed by atoms with E-state index in [0.29, 0.717) is 13.1 Å². The van der Waals surface area contributed by atoms with Crippen LogP contribution >= 0.6 is 23.1 Å². The average Bonchev–Trinajstić information content (AvgIpc) is 3.48. The van der Waals surface area contributed by atoms with Crippen molar-refractivity contribution in [3.8, 4) is 23.6 Å². The van der Waals surface area contributed by atoms with Crippen LogP contribution < -0.4 is 9.47 Å². The molecule has 2 bridgehead atoms. The number of ether oxygens (including phenoxy) is 4. The Bertz CT molecular complexity index is 963. The van der Waals surface area contributed by atoms with Crippen LogP contribution in [-0.4, -0.2) is 57.3 Å². The van der Waals surface area contributed by atoms with Crippen LogP contribution in [-0.2, 0) is 19.1 Å². The van der Waals surface area contributed by atoms with Gasteiger partial charge < -0.3 is 18.9 Å². The molecule has 2 aromatic rings. The topological polar surface area (TPSA) is 100 Å². The molecule has 0 radical (unpaired) electrons. The molecule has 3 unspecified atom stereocenters. The van der Waals surface area contributed by atoms with E-state index in [4.69, 9.17) is 18.9 Å². The van der Waals surface area contributed by atoms with Gasteiger partial charge in [0.25, 0.3) is 11.8 Å². The Hall–Kier alpha value is -2.68. The molecule has 144 valence electrons. The van der Waals surface area contributed by atoms with Gasteiger partial charge in [0.2, 0.25) is 0 Å². The number of hydrogen-bond acceptors (Lipinski definition) is 11. The number of carbonyl (C=O) groups excluding carboxylic acids is 2. The normalized spacial score (nSPS) is 26.6. The van der Waals surface area contributed by atoms with Gasteiger partial charge in [-0.25, -0.2) is 14.5 Å². The largest absolute Gasteiger partial charge is 0.460 e. The van der Waals surface area contributed by atoms with Crippen LogP contribution in [0.15, 0.2) is 16.8 Å². The number of carbonyl (C=O) groups is 2. The third kappa shape index (κ3) is 2.81. The number of hydrogen-bond donors (Lipinski definition) is 0. The van der Waals surface area contributed by atoms with Crippen LogP contribution in [0.1, 0.15) is 12.0 Å². The summed E-state index contributed by atoms with van der Waals surface area (Å²) in [6, 6.07) is 1.92. The second kappa shape index (κ2) is 6.73. The zero-order chi connectivity index (χ0) is 19.1. The average molecular weight is 419 g/mol. The highest BCUT2D eigenvalue weighted by Crippen LogP contribution is 2.47. The third-order valence-electron chi connectivity index (χ3n) is 4.80. The summed E-state index contributed by atoms with van der Waals surface area (Å²) in [6.45, 7) is 1.37. The quantitative estimate of drug-likeness (QED) is 0.406. The van der Waals surface area contributed by atoms with Crippen LogP contribution in [0.25, 0.3) is 0 Å². The van der Waals surface area contributed by atoms with E-state index < -0.39 is 24.0 Å². The van der Waals surface area contributed by atoms with Gasteiger partial charge in [-0.15, -0.1) is 8.75 Å². The summed E-state index contributed by atoms with van der Waals surface area (Å²) in [4.78, 5) is 25.1. The maximum Gasteiger partial charge on any atom is 0.422 e. The first-order chi connectivity index (χ1) is 13.7. The minimum absolute atomic E-state index is 0.0339. The fourth-order valence-corrected chi connectivity index (χ4v) is 4.64. The number of esters is 2. The minimum Gasteiger partial charge on any atom is -0.460 e. The van der Waals surface area contributed by atoms with E-state index in [-0.39, 0.29) is 24.3 Å². The van der Waals surface area contributed by atoms with Crippen LogP contribution in [0.5, 0.6) is 11.8 Å². The second-order valence-electron chi connectivity index (χ2n) is 6.42. The molecule has 0 amide bonds. The van der Waals surface area contributed by atoms with Crippen molar-refractivity contribution in [3.05, 3.63) is 22.4 Å². The maximum absolute atomic E-state index is 11.7. The predicted molar refractivity (Wildman–Crippen MR) is 95.6 cm³/mol. The van der Waals surface area contributed by atoms with Gasteiger partial charge in [0.1, 0.15) is 0 Å². The highest BCUT2D eigenvalue weighted by atomic mass is 32.1. The summed E-state index contributed by atoms with van der Waals surface area (Å²) < 4.78 is 30.3. The second-order valence-corrected chi connectivity index (χ2v) is 7.73. The number of rotatable bonds is 4. The van der Waals surface area contributed by atoms with Crippen molar-refractivity contribution >= 4 is 35.0 Å². The first-order valence-corrected chi connectivity index (χ1v) is 10.2. The predicted octanol–water partition coefficient (Wildman–Crippen LogP) is 0.867. The molecule has 3 atom stereocenters. The molecule has 3 aliphatic heterocycles. The van der Waals surface area contributed by atoms with Crippen LogP contribution in [0.3, 0.4) is 0 Å². The Morgan fingerprint density at radius 1 is 1.29 bits per heavy atom. The molecule has 9 nitrogen and oxygen atoms in total. The zero-order valence-electron chi connectivity index (χ0n) is 14.3. The molecule has 2 aromatic heterocycles. The molecule has 3 saturated heterocycles. The van der Waals surface area contributed by atoms with Gasteiger partial charge in [-0.1, -0.05) is 11.8 Å². The molecule has 1 spiro atoms. The zero-order valence-corrected chi connectivity index (χ0v) is 16.0. The van der Waals surface area contributed by atoms with Crippen molar-refractivity contribution in [2.75, 3.05) is 19.7 Å². The minimum atomic E-state index is -1.53. The number of thiophene rings is 1. The molecule has 5 rings (SSSR count). The smallest absolute Gasteiger partial charge is 0.422 e. The number of piperidine rings is 1. The van der Waals surface area contributed by atoms with E-state index in [9.17, 15) is 9.59 Å². The van der Waals surface area contributed by atoms with Crippen molar-refractivity contribution in [3.63, 3.8) is 0 Å². The highest BCUT2D eigenvalue weighted by molar-refractivity contribution is 7.08. The van der Waals surface area contributed by atoms with E-state index in [1.165, 1.54) is 0 Å². The Kier molecular flexibility index (Phi) is 4.19.